The summed E-state index contributed by atoms with van der Waals surface area (Å²) in [5.74, 6) is -0.627. The van der Waals surface area contributed by atoms with Gasteiger partial charge in [-0.15, -0.1) is 0 Å². The van der Waals surface area contributed by atoms with Gasteiger partial charge in [0.25, 0.3) is 0 Å². The summed E-state index contributed by atoms with van der Waals surface area (Å²) in [5, 5.41) is 8.41. The second-order valence-electron chi connectivity index (χ2n) is 2.99. The molecule has 0 bridgehead atoms. The Morgan fingerprint density at radius 1 is 1.42 bits per heavy atom. The number of carbonyl (C=O) groups excluding carboxylic acids is 1. The molecule has 0 amide bonds. The van der Waals surface area contributed by atoms with Gasteiger partial charge in [-0.1, -0.05) is 25.6 Å². The molecule has 0 saturated heterocycles. The maximum absolute atomic E-state index is 10.7. The Bertz CT molecular complexity index is 161. The maximum Gasteiger partial charge on any atom is 0.304 e. The number of rotatable bonds is 4. The van der Waals surface area contributed by atoms with Gasteiger partial charge in [0.15, 0.2) is 5.12 Å². The SMILES string of the molecule is CC(=O)SC(CC(=O)O)C(C)C. The first kappa shape index (κ1) is 11.5. The summed E-state index contributed by atoms with van der Waals surface area (Å²) in [5.41, 5.74) is 0. The van der Waals surface area contributed by atoms with E-state index in [9.17, 15) is 9.59 Å². The number of carboxylic acids is 1. The van der Waals surface area contributed by atoms with Gasteiger partial charge in [0.1, 0.15) is 0 Å². The summed E-state index contributed by atoms with van der Waals surface area (Å²) in [6.07, 6.45) is 0.0575. The molecule has 3 nitrogen and oxygen atoms in total. The zero-order valence-electron chi connectivity index (χ0n) is 7.53. The van der Waals surface area contributed by atoms with Gasteiger partial charge < -0.3 is 5.11 Å². The summed E-state index contributed by atoms with van der Waals surface area (Å²) in [6.45, 7) is 5.30. The third-order valence-corrected chi connectivity index (χ3v) is 2.78. The highest BCUT2D eigenvalue weighted by Crippen LogP contribution is 2.23. The second-order valence-corrected chi connectivity index (χ2v) is 4.41. The smallest absolute Gasteiger partial charge is 0.304 e. The highest BCUT2D eigenvalue weighted by atomic mass is 32.2. The molecule has 0 aliphatic carbocycles. The molecule has 12 heavy (non-hydrogen) atoms. The predicted octanol–water partition coefficient (Wildman–Crippen LogP) is 1.77. The fourth-order valence-electron chi connectivity index (χ4n) is 0.799. The molecule has 0 aromatic heterocycles. The van der Waals surface area contributed by atoms with E-state index in [4.69, 9.17) is 5.11 Å². The molecule has 0 aliphatic heterocycles. The van der Waals surface area contributed by atoms with E-state index in [1.54, 1.807) is 0 Å². The number of hydrogen-bond acceptors (Lipinski definition) is 3. The fourth-order valence-corrected chi connectivity index (χ4v) is 1.72. The van der Waals surface area contributed by atoms with Crippen molar-refractivity contribution in [1.29, 1.82) is 0 Å². The van der Waals surface area contributed by atoms with Gasteiger partial charge in [-0.2, -0.15) is 0 Å². The zero-order valence-corrected chi connectivity index (χ0v) is 8.35. The lowest BCUT2D eigenvalue weighted by molar-refractivity contribution is -0.137. The van der Waals surface area contributed by atoms with Crippen LogP contribution < -0.4 is 0 Å². The van der Waals surface area contributed by atoms with Gasteiger partial charge in [0.2, 0.25) is 0 Å². The largest absolute Gasteiger partial charge is 0.481 e. The highest BCUT2D eigenvalue weighted by molar-refractivity contribution is 8.14. The molecular weight excluding hydrogens is 176 g/mol. The van der Waals surface area contributed by atoms with Crippen molar-refractivity contribution in [2.75, 3.05) is 0 Å². The van der Waals surface area contributed by atoms with Crippen LogP contribution in [0.5, 0.6) is 0 Å². The van der Waals surface area contributed by atoms with Gasteiger partial charge >= 0.3 is 5.97 Å². The molecule has 0 heterocycles. The summed E-state index contributed by atoms with van der Waals surface area (Å²) in [7, 11) is 0. The van der Waals surface area contributed by atoms with E-state index in [1.165, 1.54) is 6.92 Å². The van der Waals surface area contributed by atoms with E-state index in [0.29, 0.717) is 0 Å². The van der Waals surface area contributed by atoms with E-state index in [-0.39, 0.29) is 22.7 Å². The Morgan fingerprint density at radius 3 is 2.17 bits per heavy atom. The van der Waals surface area contributed by atoms with Crippen molar-refractivity contribution in [3.8, 4) is 0 Å². The fraction of sp³-hybridized carbons (Fsp3) is 0.750. The van der Waals surface area contributed by atoms with Crippen LogP contribution in [0, 0.1) is 5.92 Å². The van der Waals surface area contributed by atoms with Crippen LogP contribution in [0.1, 0.15) is 27.2 Å². The third kappa shape index (κ3) is 5.18. The first-order valence-electron chi connectivity index (χ1n) is 3.82. The average molecular weight is 190 g/mol. The minimum absolute atomic E-state index is 0.0186. The van der Waals surface area contributed by atoms with Crippen LogP contribution in [0.25, 0.3) is 0 Å². The van der Waals surface area contributed by atoms with E-state index < -0.39 is 5.97 Å². The van der Waals surface area contributed by atoms with Crippen molar-refractivity contribution in [3.05, 3.63) is 0 Å². The summed E-state index contributed by atoms with van der Waals surface area (Å²) in [6, 6.07) is 0. The number of carbonyl (C=O) groups is 2. The van der Waals surface area contributed by atoms with Gasteiger partial charge in [-0.25, -0.2) is 0 Å². The van der Waals surface area contributed by atoms with Gasteiger partial charge in [-0.05, 0) is 5.92 Å². The van der Waals surface area contributed by atoms with Gasteiger partial charge in [-0.3, -0.25) is 9.59 Å². The molecule has 0 aliphatic rings. The first-order valence-corrected chi connectivity index (χ1v) is 4.70. The molecule has 0 aromatic carbocycles. The summed E-state index contributed by atoms with van der Waals surface area (Å²) < 4.78 is 0. The minimum Gasteiger partial charge on any atom is -0.481 e. The minimum atomic E-state index is -0.845. The maximum atomic E-state index is 10.7. The molecule has 0 radical (unpaired) electrons. The number of aliphatic carboxylic acids is 1. The Hall–Kier alpha value is -0.510. The molecule has 0 spiro atoms. The normalized spacial score (nSPS) is 13.0. The summed E-state index contributed by atoms with van der Waals surface area (Å²) in [4.78, 5) is 21.1. The second kappa shape index (κ2) is 5.19. The Kier molecular flexibility index (Phi) is 4.97. The number of carboxylic acid groups (broad SMARTS) is 1. The molecule has 4 heteroatoms. The lowest BCUT2D eigenvalue weighted by Gasteiger charge is -2.15. The van der Waals surface area contributed by atoms with Gasteiger partial charge in [0.05, 0.1) is 6.42 Å². The predicted molar refractivity (Wildman–Crippen MR) is 49.2 cm³/mol. The molecule has 70 valence electrons. The van der Waals surface area contributed by atoms with Crippen LogP contribution in [0.15, 0.2) is 0 Å². The monoisotopic (exact) mass is 190 g/mol. The van der Waals surface area contributed by atoms with Crippen molar-refractivity contribution in [3.63, 3.8) is 0 Å². The van der Waals surface area contributed by atoms with Gasteiger partial charge in [0, 0.05) is 12.2 Å². The van der Waals surface area contributed by atoms with Crippen molar-refractivity contribution in [2.45, 2.75) is 32.4 Å². The van der Waals surface area contributed by atoms with Crippen LogP contribution in [0.3, 0.4) is 0 Å². The molecule has 0 fully saturated rings. The Labute approximate surface area is 76.5 Å². The van der Waals surface area contributed by atoms with Crippen LogP contribution in [-0.2, 0) is 9.59 Å². The summed E-state index contributed by atoms with van der Waals surface area (Å²) >= 11 is 1.12. The molecule has 1 N–H and O–H groups in total. The number of thioether (sulfide) groups is 1. The van der Waals surface area contributed by atoms with E-state index in [0.717, 1.165) is 11.8 Å². The molecule has 0 rings (SSSR count). The lowest BCUT2D eigenvalue weighted by Crippen LogP contribution is -2.17. The van der Waals surface area contributed by atoms with Crippen molar-refractivity contribution < 1.29 is 14.7 Å². The Morgan fingerprint density at radius 2 is 1.92 bits per heavy atom. The molecule has 1 atom stereocenters. The van der Waals surface area contributed by atoms with Crippen LogP contribution in [-0.4, -0.2) is 21.4 Å². The van der Waals surface area contributed by atoms with Crippen molar-refractivity contribution in [1.82, 2.24) is 0 Å². The molecular formula is C8H14O3S. The van der Waals surface area contributed by atoms with Crippen LogP contribution in [0.2, 0.25) is 0 Å². The van der Waals surface area contributed by atoms with E-state index in [2.05, 4.69) is 0 Å². The molecule has 0 aromatic rings. The number of hydrogen-bond donors (Lipinski definition) is 1. The van der Waals surface area contributed by atoms with Crippen LogP contribution >= 0.6 is 11.8 Å². The zero-order chi connectivity index (χ0) is 9.72. The van der Waals surface area contributed by atoms with Crippen molar-refractivity contribution in [2.24, 2.45) is 5.92 Å². The quantitative estimate of drug-likeness (QED) is 0.734. The first-order chi connectivity index (χ1) is 5.43. The topological polar surface area (TPSA) is 54.4 Å². The lowest BCUT2D eigenvalue weighted by atomic mass is 10.1. The Balaban J connectivity index is 4.04. The average Bonchev–Trinajstić information content (AvgIpc) is 1.83. The third-order valence-electron chi connectivity index (χ3n) is 1.44. The van der Waals surface area contributed by atoms with E-state index >= 15 is 0 Å². The molecule has 1 unspecified atom stereocenters. The van der Waals surface area contributed by atoms with Crippen molar-refractivity contribution >= 4 is 22.8 Å². The standard InChI is InChI=1S/C8H14O3S/c1-5(2)7(4-8(10)11)12-6(3)9/h5,7H,4H2,1-3H3,(H,10,11). The van der Waals surface area contributed by atoms with E-state index in [1.807, 2.05) is 13.8 Å². The molecule has 0 saturated carbocycles. The highest BCUT2D eigenvalue weighted by Gasteiger charge is 2.19. The van der Waals surface area contributed by atoms with Crippen LogP contribution in [0.4, 0.5) is 0 Å².